The first-order valence-electron chi connectivity index (χ1n) is 6.15. The first-order chi connectivity index (χ1) is 8.24. The van der Waals surface area contributed by atoms with Gasteiger partial charge < -0.3 is 4.52 Å². The summed E-state index contributed by atoms with van der Waals surface area (Å²) in [5, 5.41) is 4.05. The second-order valence-corrected chi connectivity index (χ2v) is 4.34. The normalized spacial score (nSPS) is 11.1. The zero-order valence-corrected chi connectivity index (χ0v) is 10.6. The molecule has 0 radical (unpaired) electrons. The van der Waals surface area contributed by atoms with Crippen molar-refractivity contribution >= 4 is 0 Å². The highest BCUT2D eigenvalue weighted by Crippen LogP contribution is 2.24. The van der Waals surface area contributed by atoms with Gasteiger partial charge in [-0.3, -0.25) is 0 Å². The quantitative estimate of drug-likeness (QED) is 0.798. The molecule has 0 spiro atoms. The van der Waals surface area contributed by atoms with E-state index in [0.717, 1.165) is 24.3 Å². The van der Waals surface area contributed by atoms with Crippen LogP contribution in [0.15, 0.2) is 28.8 Å². The maximum absolute atomic E-state index is 5.33. The molecule has 3 heteroatoms. The zero-order chi connectivity index (χ0) is 12.3. The average molecular weight is 230 g/mol. The molecule has 0 saturated heterocycles. The number of nitrogens with zero attached hydrogens (tertiary/aromatic N) is 2. The molecule has 0 fully saturated rings. The zero-order valence-electron chi connectivity index (χ0n) is 10.6. The molecule has 0 atom stereocenters. The first-order valence-corrected chi connectivity index (χ1v) is 6.15. The van der Waals surface area contributed by atoms with Gasteiger partial charge in [0.05, 0.1) is 0 Å². The molecule has 0 bridgehead atoms. The Morgan fingerprint density at radius 3 is 2.35 bits per heavy atom. The van der Waals surface area contributed by atoms with Crippen LogP contribution >= 0.6 is 0 Å². The third kappa shape index (κ3) is 2.54. The lowest BCUT2D eigenvalue weighted by atomic mass is 10.0. The number of aryl methyl sites for hydroxylation is 1. The fourth-order valence-corrected chi connectivity index (χ4v) is 1.86. The van der Waals surface area contributed by atoms with Crippen molar-refractivity contribution in [1.29, 1.82) is 0 Å². The van der Waals surface area contributed by atoms with Crippen molar-refractivity contribution in [3.05, 3.63) is 35.7 Å². The molecule has 0 aliphatic rings. The van der Waals surface area contributed by atoms with Gasteiger partial charge in [-0.2, -0.15) is 4.98 Å². The molecule has 0 aliphatic carbocycles. The van der Waals surface area contributed by atoms with Crippen LogP contribution in [0, 0.1) is 6.92 Å². The van der Waals surface area contributed by atoms with Crippen molar-refractivity contribution in [2.24, 2.45) is 0 Å². The molecule has 2 aromatic rings. The van der Waals surface area contributed by atoms with Crippen LogP contribution in [0.3, 0.4) is 0 Å². The number of hydrogen-bond donors (Lipinski definition) is 0. The monoisotopic (exact) mass is 230 g/mol. The Labute approximate surface area is 102 Å². The van der Waals surface area contributed by atoms with Crippen molar-refractivity contribution in [3.8, 4) is 11.4 Å². The van der Waals surface area contributed by atoms with Gasteiger partial charge in [0, 0.05) is 11.5 Å². The number of benzene rings is 1. The molecule has 3 nitrogen and oxygen atoms in total. The van der Waals surface area contributed by atoms with Crippen molar-refractivity contribution in [2.75, 3.05) is 0 Å². The Morgan fingerprint density at radius 1 is 1.12 bits per heavy atom. The number of hydrogen-bond acceptors (Lipinski definition) is 3. The van der Waals surface area contributed by atoms with Gasteiger partial charge in [0.2, 0.25) is 11.7 Å². The van der Waals surface area contributed by atoms with E-state index in [1.54, 1.807) is 0 Å². The average Bonchev–Trinajstić information content (AvgIpc) is 2.81. The molecular weight excluding hydrogens is 212 g/mol. The Balaban J connectivity index is 2.26. The van der Waals surface area contributed by atoms with Gasteiger partial charge in [-0.1, -0.05) is 48.8 Å². The highest BCUT2D eigenvalue weighted by atomic mass is 16.5. The summed E-state index contributed by atoms with van der Waals surface area (Å²) in [6.45, 7) is 6.35. The van der Waals surface area contributed by atoms with E-state index in [-0.39, 0.29) is 0 Å². The van der Waals surface area contributed by atoms with Gasteiger partial charge in [0.25, 0.3) is 0 Å². The van der Waals surface area contributed by atoms with Gasteiger partial charge in [-0.05, 0) is 19.8 Å². The largest absolute Gasteiger partial charge is 0.339 e. The van der Waals surface area contributed by atoms with Crippen LogP contribution in [0.25, 0.3) is 11.4 Å². The van der Waals surface area contributed by atoms with Crippen LogP contribution in [-0.2, 0) is 0 Å². The summed E-state index contributed by atoms with van der Waals surface area (Å²) in [7, 11) is 0. The molecular formula is C14H18N2O. The van der Waals surface area contributed by atoms with Crippen molar-refractivity contribution in [3.63, 3.8) is 0 Å². The minimum absolute atomic E-state index is 0.377. The van der Waals surface area contributed by atoms with Crippen molar-refractivity contribution < 1.29 is 4.52 Å². The van der Waals surface area contributed by atoms with E-state index >= 15 is 0 Å². The lowest BCUT2D eigenvalue weighted by Gasteiger charge is -2.04. The molecule has 17 heavy (non-hydrogen) atoms. The van der Waals surface area contributed by atoms with Gasteiger partial charge in [-0.25, -0.2) is 0 Å². The summed E-state index contributed by atoms with van der Waals surface area (Å²) >= 11 is 0. The molecule has 1 aromatic carbocycles. The van der Waals surface area contributed by atoms with Crippen LogP contribution in [0.5, 0.6) is 0 Å². The van der Waals surface area contributed by atoms with E-state index in [4.69, 9.17) is 4.52 Å². The highest BCUT2D eigenvalue weighted by molar-refractivity contribution is 5.54. The van der Waals surface area contributed by atoms with Crippen molar-refractivity contribution in [2.45, 2.75) is 39.5 Å². The molecule has 0 unspecified atom stereocenters. The van der Waals surface area contributed by atoms with Gasteiger partial charge in [-0.15, -0.1) is 0 Å². The Kier molecular flexibility index (Phi) is 3.57. The molecule has 1 aromatic heterocycles. The molecule has 0 saturated carbocycles. The van der Waals surface area contributed by atoms with E-state index < -0.39 is 0 Å². The van der Waals surface area contributed by atoms with Crippen LogP contribution in [0.2, 0.25) is 0 Å². The van der Waals surface area contributed by atoms with E-state index in [2.05, 4.69) is 43.0 Å². The standard InChI is InChI=1S/C14H18N2O/c1-4-11(5-2)14-15-13(16-17-14)12-8-6-10(3)7-9-12/h6-9,11H,4-5H2,1-3H3. The lowest BCUT2D eigenvalue weighted by Crippen LogP contribution is -1.95. The van der Waals surface area contributed by atoms with Gasteiger partial charge >= 0.3 is 0 Å². The molecule has 0 aliphatic heterocycles. The summed E-state index contributed by atoms with van der Waals surface area (Å²) in [5.74, 6) is 1.82. The second kappa shape index (κ2) is 5.13. The predicted octanol–water partition coefficient (Wildman–Crippen LogP) is 3.95. The number of rotatable bonds is 4. The second-order valence-electron chi connectivity index (χ2n) is 4.34. The SMILES string of the molecule is CCC(CC)c1nc(-c2ccc(C)cc2)no1. The predicted molar refractivity (Wildman–Crippen MR) is 67.8 cm³/mol. The highest BCUT2D eigenvalue weighted by Gasteiger charge is 2.15. The number of aromatic nitrogens is 2. The van der Waals surface area contributed by atoms with Crippen LogP contribution in [0.1, 0.15) is 44.1 Å². The Hall–Kier alpha value is -1.64. The molecule has 1 heterocycles. The molecule has 2 rings (SSSR count). The summed E-state index contributed by atoms with van der Waals surface area (Å²) < 4.78 is 5.33. The Bertz CT molecular complexity index is 469. The molecule has 0 amide bonds. The van der Waals surface area contributed by atoms with E-state index in [9.17, 15) is 0 Å². The topological polar surface area (TPSA) is 38.9 Å². The van der Waals surface area contributed by atoms with Gasteiger partial charge in [0.1, 0.15) is 0 Å². The van der Waals surface area contributed by atoms with Crippen LogP contribution in [-0.4, -0.2) is 10.1 Å². The molecule has 0 N–H and O–H groups in total. The van der Waals surface area contributed by atoms with Crippen LogP contribution in [0.4, 0.5) is 0 Å². The maximum atomic E-state index is 5.33. The summed E-state index contributed by atoms with van der Waals surface area (Å²) in [6, 6.07) is 8.17. The fourth-order valence-electron chi connectivity index (χ4n) is 1.86. The van der Waals surface area contributed by atoms with E-state index in [1.165, 1.54) is 5.56 Å². The van der Waals surface area contributed by atoms with E-state index in [0.29, 0.717) is 11.7 Å². The minimum Gasteiger partial charge on any atom is -0.339 e. The third-order valence-electron chi connectivity index (χ3n) is 3.09. The minimum atomic E-state index is 0.377. The summed E-state index contributed by atoms with van der Waals surface area (Å²) in [5.41, 5.74) is 2.24. The summed E-state index contributed by atoms with van der Waals surface area (Å²) in [4.78, 5) is 4.47. The van der Waals surface area contributed by atoms with E-state index in [1.807, 2.05) is 12.1 Å². The third-order valence-corrected chi connectivity index (χ3v) is 3.09. The molecule has 90 valence electrons. The first kappa shape index (κ1) is 11.8. The van der Waals surface area contributed by atoms with Crippen molar-refractivity contribution in [1.82, 2.24) is 10.1 Å². The fraction of sp³-hybridized carbons (Fsp3) is 0.429. The lowest BCUT2D eigenvalue weighted by molar-refractivity contribution is 0.346. The van der Waals surface area contributed by atoms with Gasteiger partial charge in [0.15, 0.2) is 0 Å². The maximum Gasteiger partial charge on any atom is 0.230 e. The van der Waals surface area contributed by atoms with Crippen LogP contribution < -0.4 is 0 Å². The smallest absolute Gasteiger partial charge is 0.230 e. The summed E-state index contributed by atoms with van der Waals surface area (Å²) in [6.07, 6.45) is 2.07. The Morgan fingerprint density at radius 2 is 1.76 bits per heavy atom.